The maximum Gasteiger partial charge on any atom is 0.374 e. The summed E-state index contributed by atoms with van der Waals surface area (Å²) in [4.78, 5) is 10.2. The van der Waals surface area contributed by atoms with Crippen LogP contribution in [0.4, 0.5) is 8.78 Å². The Morgan fingerprint density at radius 1 is 1.47 bits per heavy atom. The molecule has 1 aromatic carbocycles. The third-order valence-corrected chi connectivity index (χ3v) is 2.50. The van der Waals surface area contributed by atoms with Crippen LogP contribution in [-0.2, 0) is 11.2 Å². The topological polar surface area (TPSA) is 46.5 Å². The Hall–Kier alpha value is -1.65. The van der Waals surface area contributed by atoms with Gasteiger partial charge in [-0.15, -0.1) is 0 Å². The largest absolute Gasteiger partial charge is 0.496 e. The second-order valence-electron chi connectivity index (χ2n) is 3.81. The molecule has 0 radical (unpaired) electrons. The number of methoxy groups -OCH3 is 1. The lowest BCUT2D eigenvalue weighted by molar-refractivity contribution is -0.165. The van der Waals surface area contributed by atoms with Crippen molar-refractivity contribution in [1.29, 1.82) is 0 Å². The van der Waals surface area contributed by atoms with E-state index in [1.54, 1.807) is 25.1 Å². The molecule has 0 amide bonds. The maximum absolute atomic E-state index is 12.9. The molecule has 0 saturated carbocycles. The standard InChI is InChI=1S/C12H14F2O3/c1-8-7-9(3-4-10(8)17-2)5-6-12(13,14)11(15)16/h3-4,7H,5-6H2,1-2H3,(H,15,16). The van der Waals surface area contributed by atoms with Gasteiger partial charge < -0.3 is 9.84 Å². The minimum Gasteiger partial charge on any atom is -0.496 e. The van der Waals surface area contributed by atoms with E-state index in [-0.39, 0.29) is 6.42 Å². The average Bonchev–Trinajstić information content (AvgIpc) is 2.26. The lowest BCUT2D eigenvalue weighted by Gasteiger charge is -2.11. The van der Waals surface area contributed by atoms with Crippen LogP contribution in [-0.4, -0.2) is 24.1 Å². The van der Waals surface area contributed by atoms with Crippen LogP contribution in [0.1, 0.15) is 17.5 Å². The van der Waals surface area contributed by atoms with Crippen LogP contribution in [0.2, 0.25) is 0 Å². The van der Waals surface area contributed by atoms with Gasteiger partial charge in [-0.2, -0.15) is 8.78 Å². The first-order valence-corrected chi connectivity index (χ1v) is 5.11. The highest BCUT2D eigenvalue weighted by molar-refractivity contribution is 5.75. The number of ether oxygens (including phenoxy) is 1. The van der Waals surface area contributed by atoms with Gasteiger partial charge in [0.05, 0.1) is 7.11 Å². The molecule has 0 aromatic heterocycles. The molecule has 0 spiro atoms. The lowest BCUT2D eigenvalue weighted by Crippen LogP contribution is -2.28. The van der Waals surface area contributed by atoms with Gasteiger partial charge in [0.25, 0.3) is 0 Å². The van der Waals surface area contributed by atoms with Gasteiger partial charge in [-0.3, -0.25) is 0 Å². The van der Waals surface area contributed by atoms with Gasteiger partial charge >= 0.3 is 11.9 Å². The van der Waals surface area contributed by atoms with Crippen molar-refractivity contribution < 1.29 is 23.4 Å². The van der Waals surface area contributed by atoms with Crippen molar-refractivity contribution in [1.82, 2.24) is 0 Å². The smallest absolute Gasteiger partial charge is 0.374 e. The predicted octanol–water partition coefficient (Wildman–Crippen LogP) is 2.66. The molecule has 0 aliphatic rings. The van der Waals surface area contributed by atoms with E-state index in [0.717, 1.165) is 5.56 Å². The quantitative estimate of drug-likeness (QED) is 0.866. The summed E-state index contributed by atoms with van der Waals surface area (Å²) < 4.78 is 30.7. The van der Waals surface area contributed by atoms with E-state index >= 15 is 0 Å². The van der Waals surface area contributed by atoms with Gasteiger partial charge in [0, 0.05) is 6.42 Å². The highest BCUT2D eigenvalue weighted by atomic mass is 19.3. The number of carbonyl (C=O) groups is 1. The SMILES string of the molecule is COc1ccc(CCC(F)(F)C(=O)O)cc1C. The number of alkyl halides is 2. The van der Waals surface area contributed by atoms with Crippen molar-refractivity contribution >= 4 is 5.97 Å². The Kier molecular flexibility index (Phi) is 4.04. The summed E-state index contributed by atoms with van der Waals surface area (Å²) in [6.45, 7) is 1.80. The number of carboxylic acid groups (broad SMARTS) is 1. The molecule has 3 nitrogen and oxygen atoms in total. The zero-order valence-corrected chi connectivity index (χ0v) is 9.67. The molecule has 1 N–H and O–H groups in total. The molecule has 0 saturated heterocycles. The molecule has 0 heterocycles. The Balaban J connectivity index is 2.71. The van der Waals surface area contributed by atoms with Crippen molar-refractivity contribution in [2.45, 2.75) is 25.7 Å². The first-order chi connectivity index (χ1) is 7.86. The van der Waals surface area contributed by atoms with E-state index < -0.39 is 18.3 Å². The van der Waals surface area contributed by atoms with Crippen molar-refractivity contribution in [3.05, 3.63) is 29.3 Å². The number of hydrogen-bond acceptors (Lipinski definition) is 2. The molecule has 0 atom stereocenters. The van der Waals surface area contributed by atoms with Gasteiger partial charge in [0.15, 0.2) is 0 Å². The average molecular weight is 244 g/mol. The molecule has 0 unspecified atom stereocenters. The highest BCUT2D eigenvalue weighted by Gasteiger charge is 2.37. The minimum absolute atomic E-state index is 0.0180. The molecule has 0 aliphatic heterocycles. The summed E-state index contributed by atoms with van der Waals surface area (Å²) in [6.07, 6.45) is -0.682. The van der Waals surface area contributed by atoms with Gasteiger partial charge in [-0.05, 0) is 30.5 Å². The second kappa shape index (κ2) is 5.12. The Labute approximate surface area is 98.0 Å². The molecular formula is C12H14F2O3. The number of halogens is 2. The van der Waals surface area contributed by atoms with Crippen molar-refractivity contribution in [3.63, 3.8) is 0 Å². The Morgan fingerprint density at radius 3 is 2.59 bits per heavy atom. The molecule has 0 fully saturated rings. The zero-order valence-electron chi connectivity index (χ0n) is 9.67. The van der Waals surface area contributed by atoms with Crippen LogP contribution in [0.3, 0.4) is 0 Å². The molecule has 17 heavy (non-hydrogen) atoms. The number of aliphatic carboxylic acids is 1. The summed E-state index contributed by atoms with van der Waals surface area (Å²) in [6, 6.07) is 5.06. The van der Waals surface area contributed by atoms with Gasteiger partial charge in [-0.25, -0.2) is 4.79 Å². The van der Waals surface area contributed by atoms with Crippen LogP contribution >= 0.6 is 0 Å². The van der Waals surface area contributed by atoms with Crippen LogP contribution in [0, 0.1) is 6.92 Å². The van der Waals surface area contributed by atoms with Crippen molar-refractivity contribution in [3.8, 4) is 5.75 Å². The molecule has 5 heteroatoms. The first-order valence-electron chi connectivity index (χ1n) is 5.11. The Bertz CT molecular complexity index is 416. The Morgan fingerprint density at radius 2 is 2.12 bits per heavy atom. The predicted molar refractivity (Wildman–Crippen MR) is 58.6 cm³/mol. The van der Waals surface area contributed by atoms with Crippen LogP contribution in [0.5, 0.6) is 5.75 Å². The number of rotatable bonds is 5. The summed E-state index contributed by atoms with van der Waals surface area (Å²) in [5, 5.41) is 8.29. The van der Waals surface area contributed by atoms with E-state index in [1.807, 2.05) is 0 Å². The fraction of sp³-hybridized carbons (Fsp3) is 0.417. The van der Waals surface area contributed by atoms with Crippen LogP contribution in [0.15, 0.2) is 18.2 Å². The van der Waals surface area contributed by atoms with E-state index in [4.69, 9.17) is 9.84 Å². The van der Waals surface area contributed by atoms with Crippen molar-refractivity contribution in [2.24, 2.45) is 0 Å². The second-order valence-corrected chi connectivity index (χ2v) is 3.81. The third kappa shape index (κ3) is 3.41. The first kappa shape index (κ1) is 13.4. The fourth-order valence-electron chi connectivity index (χ4n) is 1.50. The molecule has 94 valence electrons. The number of benzene rings is 1. The van der Waals surface area contributed by atoms with E-state index in [0.29, 0.717) is 11.3 Å². The van der Waals surface area contributed by atoms with Crippen LogP contribution < -0.4 is 4.74 Å². The summed E-state index contributed by atoms with van der Waals surface area (Å²) in [7, 11) is 1.53. The summed E-state index contributed by atoms with van der Waals surface area (Å²) in [5.74, 6) is -5.07. The molecular weight excluding hydrogens is 230 g/mol. The minimum atomic E-state index is -3.67. The van der Waals surface area contributed by atoms with Crippen molar-refractivity contribution in [2.75, 3.05) is 7.11 Å². The summed E-state index contributed by atoms with van der Waals surface area (Å²) >= 11 is 0. The highest BCUT2D eigenvalue weighted by Crippen LogP contribution is 2.24. The van der Waals surface area contributed by atoms with E-state index in [9.17, 15) is 13.6 Å². The molecule has 0 bridgehead atoms. The molecule has 1 aromatic rings. The monoisotopic (exact) mass is 244 g/mol. The van der Waals surface area contributed by atoms with Gasteiger partial charge in [-0.1, -0.05) is 12.1 Å². The number of hydrogen-bond donors (Lipinski definition) is 1. The number of carboxylic acids is 1. The zero-order chi connectivity index (χ0) is 13.1. The van der Waals surface area contributed by atoms with Gasteiger partial charge in [0.1, 0.15) is 5.75 Å². The molecule has 1 rings (SSSR count). The van der Waals surface area contributed by atoms with E-state index in [2.05, 4.69) is 0 Å². The van der Waals surface area contributed by atoms with Crippen LogP contribution in [0.25, 0.3) is 0 Å². The van der Waals surface area contributed by atoms with E-state index in [1.165, 1.54) is 7.11 Å². The van der Waals surface area contributed by atoms with Gasteiger partial charge in [0.2, 0.25) is 0 Å². The summed E-state index contributed by atoms with van der Waals surface area (Å²) in [5.41, 5.74) is 1.51. The molecule has 0 aliphatic carbocycles. The maximum atomic E-state index is 12.9. The fourth-order valence-corrected chi connectivity index (χ4v) is 1.50. The number of aryl methyl sites for hydroxylation is 2. The lowest BCUT2D eigenvalue weighted by atomic mass is 10.0. The third-order valence-electron chi connectivity index (χ3n) is 2.50. The normalized spacial score (nSPS) is 11.3.